The van der Waals surface area contributed by atoms with Crippen molar-refractivity contribution >= 4 is 23.2 Å². The average Bonchev–Trinajstić information content (AvgIpc) is 3.31. The van der Waals surface area contributed by atoms with E-state index in [4.69, 9.17) is 15.5 Å². The van der Waals surface area contributed by atoms with Gasteiger partial charge >= 0.3 is 0 Å². The Hall–Kier alpha value is -3.68. The van der Waals surface area contributed by atoms with Crippen molar-refractivity contribution in [2.45, 2.75) is 25.3 Å². The van der Waals surface area contributed by atoms with Crippen LogP contribution < -0.4 is 10.5 Å². The molecule has 3 saturated heterocycles. The number of nitrogens with two attached hydrogens (primary N) is 1. The standard InChI is InChI=1S/C28H36N8O2/c1-38-26-10-22(18-36-28(26)24(12-30)14-32-36)23(11-29)13-31-25-19-34(20-25)15-21-16-35(17-21)27(37)6-5-9-33-7-3-2-4-8-33/h5-6,10-11,13-14,18,21,25H,2-4,7-9,15-17,19-20,29H2,1H3/b6-5+,23-11?,31-13?. The summed E-state index contributed by atoms with van der Waals surface area (Å²) in [6, 6.07) is 4.21. The van der Waals surface area contributed by atoms with Gasteiger partial charge in [-0.25, -0.2) is 4.52 Å². The minimum Gasteiger partial charge on any atom is -0.494 e. The molecule has 10 nitrogen and oxygen atoms in total. The summed E-state index contributed by atoms with van der Waals surface area (Å²) in [5.74, 6) is 1.23. The number of amides is 1. The molecule has 1 amide bonds. The van der Waals surface area contributed by atoms with Gasteiger partial charge in [0.15, 0.2) is 0 Å². The van der Waals surface area contributed by atoms with Gasteiger partial charge in [-0.2, -0.15) is 10.4 Å². The summed E-state index contributed by atoms with van der Waals surface area (Å²) in [6.45, 7) is 7.66. The number of nitriles is 1. The highest BCUT2D eigenvalue weighted by molar-refractivity contribution is 6.10. The molecule has 3 fully saturated rings. The van der Waals surface area contributed by atoms with Crippen LogP contribution in [0.5, 0.6) is 5.75 Å². The molecule has 5 rings (SSSR count). The van der Waals surface area contributed by atoms with E-state index < -0.39 is 0 Å². The topological polar surface area (TPSA) is 115 Å². The first-order chi connectivity index (χ1) is 18.6. The van der Waals surface area contributed by atoms with E-state index in [1.54, 1.807) is 23.9 Å². The molecule has 0 aromatic carbocycles. The molecular formula is C28H36N8O2. The Kier molecular flexibility index (Phi) is 8.05. The molecule has 5 heterocycles. The van der Waals surface area contributed by atoms with Crippen molar-refractivity contribution in [3.63, 3.8) is 0 Å². The fourth-order valence-corrected chi connectivity index (χ4v) is 5.45. The van der Waals surface area contributed by atoms with Crippen LogP contribution in [0.25, 0.3) is 11.1 Å². The van der Waals surface area contributed by atoms with Crippen LogP contribution in [0.3, 0.4) is 0 Å². The van der Waals surface area contributed by atoms with Gasteiger partial charge in [0.05, 0.1) is 19.3 Å². The maximum atomic E-state index is 12.4. The first kappa shape index (κ1) is 25.9. The minimum absolute atomic E-state index is 0.138. The number of rotatable bonds is 9. The van der Waals surface area contributed by atoms with Gasteiger partial charge in [0, 0.05) is 81.0 Å². The van der Waals surface area contributed by atoms with Crippen LogP contribution in [0.4, 0.5) is 0 Å². The SMILES string of the molecule is COc1cc(C(C=NC2CN(CC3CN(C(=O)/C=C/CN4CCCCC4)C3)C2)=CN)cn2ncc(C#N)c12. The lowest BCUT2D eigenvalue weighted by atomic mass is 9.96. The van der Waals surface area contributed by atoms with Crippen molar-refractivity contribution in [3.05, 3.63) is 47.9 Å². The molecule has 2 aromatic heterocycles. The number of aliphatic imine (C=N–C) groups is 1. The second kappa shape index (κ2) is 11.8. The minimum atomic E-state index is 0.138. The zero-order valence-corrected chi connectivity index (χ0v) is 22.0. The third-order valence-electron chi connectivity index (χ3n) is 7.65. The Morgan fingerprint density at radius 3 is 2.74 bits per heavy atom. The lowest BCUT2D eigenvalue weighted by Crippen LogP contribution is -2.58. The first-order valence-electron chi connectivity index (χ1n) is 13.4. The quantitative estimate of drug-likeness (QED) is 0.399. The fraction of sp³-hybridized carbons (Fsp3) is 0.500. The van der Waals surface area contributed by atoms with Crippen molar-refractivity contribution in [2.75, 3.05) is 59.5 Å². The number of pyridine rings is 1. The smallest absolute Gasteiger partial charge is 0.246 e. The van der Waals surface area contributed by atoms with E-state index >= 15 is 0 Å². The number of fused-ring (bicyclic) bond motifs is 1. The van der Waals surface area contributed by atoms with Crippen molar-refractivity contribution in [1.82, 2.24) is 24.3 Å². The maximum absolute atomic E-state index is 12.4. The number of aromatic nitrogens is 2. The largest absolute Gasteiger partial charge is 0.494 e. The predicted molar refractivity (Wildman–Crippen MR) is 147 cm³/mol. The highest BCUT2D eigenvalue weighted by Gasteiger charge is 2.34. The van der Waals surface area contributed by atoms with Crippen molar-refractivity contribution in [1.29, 1.82) is 5.26 Å². The molecule has 0 unspecified atom stereocenters. The third kappa shape index (κ3) is 5.74. The number of nitrogens with zero attached hydrogens (tertiary/aromatic N) is 7. The first-order valence-corrected chi connectivity index (χ1v) is 13.4. The zero-order valence-electron chi connectivity index (χ0n) is 22.0. The molecular weight excluding hydrogens is 480 g/mol. The Balaban J connectivity index is 1.05. The molecule has 2 aromatic rings. The van der Waals surface area contributed by atoms with E-state index in [2.05, 4.69) is 21.0 Å². The van der Waals surface area contributed by atoms with Gasteiger partial charge in [-0.15, -0.1) is 0 Å². The monoisotopic (exact) mass is 516 g/mol. The summed E-state index contributed by atoms with van der Waals surface area (Å²) in [5, 5.41) is 13.6. The van der Waals surface area contributed by atoms with Crippen LogP contribution >= 0.6 is 0 Å². The van der Waals surface area contributed by atoms with Gasteiger partial charge < -0.3 is 15.4 Å². The number of ether oxygens (including phenoxy) is 1. The van der Waals surface area contributed by atoms with Gasteiger partial charge in [0.25, 0.3) is 0 Å². The second-order valence-electron chi connectivity index (χ2n) is 10.4. The van der Waals surface area contributed by atoms with E-state index in [1.807, 2.05) is 23.2 Å². The molecule has 0 saturated carbocycles. The van der Waals surface area contributed by atoms with Crippen molar-refractivity contribution in [2.24, 2.45) is 16.6 Å². The third-order valence-corrected chi connectivity index (χ3v) is 7.65. The highest BCUT2D eigenvalue weighted by atomic mass is 16.5. The number of methoxy groups -OCH3 is 1. The summed E-state index contributed by atoms with van der Waals surface area (Å²) in [7, 11) is 1.57. The van der Waals surface area contributed by atoms with Gasteiger partial charge in [-0.05, 0) is 32.0 Å². The number of allylic oxidation sites excluding steroid dienone is 1. The van der Waals surface area contributed by atoms with Crippen LogP contribution in [0, 0.1) is 17.2 Å². The Bertz CT molecular complexity index is 1270. The summed E-state index contributed by atoms with van der Waals surface area (Å²) >= 11 is 0. The molecule has 3 aliphatic rings. The molecule has 0 bridgehead atoms. The van der Waals surface area contributed by atoms with Crippen LogP contribution in [-0.2, 0) is 4.79 Å². The van der Waals surface area contributed by atoms with Crippen LogP contribution in [0.15, 0.2) is 41.8 Å². The molecule has 0 atom stereocenters. The number of piperidine rings is 1. The average molecular weight is 517 g/mol. The number of hydrogen-bond acceptors (Lipinski definition) is 8. The van der Waals surface area contributed by atoms with Crippen LogP contribution in [0.1, 0.15) is 30.4 Å². The molecule has 0 radical (unpaired) electrons. The van der Waals surface area contributed by atoms with Crippen molar-refractivity contribution < 1.29 is 9.53 Å². The molecule has 2 N–H and O–H groups in total. The van der Waals surface area contributed by atoms with E-state index in [9.17, 15) is 10.1 Å². The maximum Gasteiger partial charge on any atom is 0.246 e. The molecule has 10 heteroatoms. The second-order valence-corrected chi connectivity index (χ2v) is 10.4. The molecule has 38 heavy (non-hydrogen) atoms. The van der Waals surface area contributed by atoms with Crippen molar-refractivity contribution in [3.8, 4) is 11.8 Å². The molecule has 0 aliphatic carbocycles. The molecule has 200 valence electrons. The summed E-state index contributed by atoms with van der Waals surface area (Å²) in [4.78, 5) is 23.9. The summed E-state index contributed by atoms with van der Waals surface area (Å²) in [6.07, 6.45) is 14.3. The van der Waals surface area contributed by atoms with Crippen LogP contribution in [-0.4, -0.2) is 102 Å². The lowest BCUT2D eigenvalue weighted by molar-refractivity contribution is -0.132. The summed E-state index contributed by atoms with van der Waals surface area (Å²) < 4.78 is 7.13. The Morgan fingerprint density at radius 2 is 2.03 bits per heavy atom. The van der Waals surface area contributed by atoms with E-state index in [0.717, 1.165) is 63.5 Å². The van der Waals surface area contributed by atoms with Crippen LogP contribution in [0.2, 0.25) is 0 Å². The molecule has 0 spiro atoms. The van der Waals surface area contributed by atoms with Gasteiger partial charge in [-0.1, -0.05) is 12.5 Å². The van der Waals surface area contributed by atoms with Gasteiger partial charge in [0.2, 0.25) is 5.91 Å². The molecule has 3 aliphatic heterocycles. The number of carbonyl (C=O) groups is 1. The van der Waals surface area contributed by atoms with E-state index in [1.165, 1.54) is 31.7 Å². The Labute approximate surface area is 223 Å². The number of hydrogen-bond donors (Lipinski definition) is 1. The zero-order chi connectivity index (χ0) is 26.5. The van der Waals surface area contributed by atoms with Gasteiger partial charge in [0.1, 0.15) is 22.9 Å². The van der Waals surface area contributed by atoms with E-state index in [-0.39, 0.29) is 11.9 Å². The normalized spacial score (nSPS) is 20.2. The van der Waals surface area contributed by atoms with Gasteiger partial charge in [-0.3, -0.25) is 19.6 Å². The summed E-state index contributed by atoms with van der Waals surface area (Å²) in [5.41, 5.74) is 8.58. The fourth-order valence-electron chi connectivity index (χ4n) is 5.45. The Morgan fingerprint density at radius 1 is 1.24 bits per heavy atom. The number of carbonyl (C=O) groups excluding carboxylic acids is 1. The lowest BCUT2D eigenvalue weighted by Gasteiger charge is -2.45. The predicted octanol–water partition coefficient (Wildman–Crippen LogP) is 1.77. The van der Waals surface area contributed by atoms with E-state index in [0.29, 0.717) is 22.7 Å². The number of likely N-dealkylation sites (tertiary alicyclic amines) is 3. The highest BCUT2D eigenvalue weighted by Crippen LogP contribution is 2.27.